The van der Waals surface area contributed by atoms with E-state index in [1.807, 2.05) is 0 Å². The number of thioether (sulfide) groups is 1. The zero-order chi connectivity index (χ0) is 21.6. The SMILES string of the molecule is NC(=O)C[n+]1cccc(N2CCC(=CC3=C(C(=O)O)N4C(=O)[C@@H](N)[C@H]4SC3)C2=O)c1. The highest BCUT2D eigenvalue weighted by Crippen LogP contribution is 2.40. The largest absolute Gasteiger partial charge is 0.477 e. The number of carboxylic acids is 1. The number of carboxylic acid groups (broad SMARTS) is 1. The number of pyridine rings is 1. The Morgan fingerprint density at radius 2 is 2.13 bits per heavy atom. The molecule has 0 aliphatic carbocycles. The highest BCUT2D eigenvalue weighted by molar-refractivity contribution is 8.00. The molecule has 30 heavy (non-hydrogen) atoms. The molecule has 5 N–H and O–H groups in total. The van der Waals surface area contributed by atoms with E-state index >= 15 is 0 Å². The lowest BCUT2D eigenvalue weighted by molar-refractivity contribution is -0.683. The monoisotopic (exact) mass is 430 g/mol. The molecule has 2 saturated heterocycles. The summed E-state index contributed by atoms with van der Waals surface area (Å²) in [4.78, 5) is 50.7. The Morgan fingerprint density at radius 1 is 1.37 bits per heavy atom. The number of amides is 3. The van der Waals surface area contributed by atoms with E-state index in [2.05, 4.69) is 0 Å². The maximum atomic E-state index is 12.9. The van der Waals surface area contributed by atoms with Crippen molar-refractivity contribution in [3.8, 4) is 0 Å². The summed E-state index contributed by atoms with van der Waals surface area (Å²) in [6.07, 6.45) is 5.35. The lowest BCUT2D eigenvalue weighted by Gasteiger charge is -2.47. The minimum Gasteiger partial charge on any atom is -0.477 e. The summed E-state index contributed by atoms with van der Waals surface area (Å²) in [5, 5.41) is 9.26. The molecule has 0 aromatic carbocycles. The van der Waals surface area contributed by atoms with Crippen LogP contribution in [0.15, 0.2) is 47.4 Å². The van der Waals surface area contributed by atoms with Crippen molar-refractivity contribution in [1.82, 2.24) is 4.90 Å². The Hall–Kier alpha value is -3.18. The lowest BCUT2D eigenvalue weighted by atomic mass is 10.0. The first-order valence-electron chi connectivity index (χ1n) is 9.24. The molecule has 2 atom stereocenters. The number of nitrogens with zero attached hydrogens (tertiary/aromatic N) is 3. The van der Waals surface area contributed by atoms with Crippen molar-refractivity contribution in [2.75, 3.05) is 17.2 Å². The smallest absolute Gasteiger partial charge is 0.352 e. The summed E-state index contributed by atoms with van der Waals surface area (Å²) in [7, 11) is 0. The molecule has 0 saturated carbocycles. The van der Waals surface area contributed by atoms with Crippen molar-refractivity contribution in [2.24, 2.45) is 11.5 Å². The average Bonchev–Trinajstić information content (AvgIpc) is 3.06. The number of hydrogen-bond donors (Lipinski definition) is 3. The quantitative estimate of drug-likeness (QED) is 0.298. The van der Waals surface area contributed by atoms with Crippen LogP contribution in [0.2, 0.25) is 0 Å². The number of aliphatic carboxylic acids is 1. The van der Waals surface area contributed by atoms with Gasteiger partial charge in [-0.25, -0.2) is 4.79 Å². The molecule has 2 fully saturated rings. The Kier molecular flexibility index (Phi) is 5.08. The van der Waals surface area contributed by atoms with Gasteiger partial charge in [-0.2, -0.15) is 4.57 Å². The van der Waals surface area contributed by atoms with E-state index in [1.165, 1.54) is 16.7 Å². The number of β-lactam (4-membered cyclic amide) rings is 1. The number of aromatic nitrogens is 1. The summed E-state index contributed by atoms with van der Waals surface area (Å²) in [5.74, 6) is -2.03. The fourth-order valence-corrected chi connectivity index (χ4v) is 5.05. The van der Waals surface area contributed by atoms with Crippen molar-refractivity contribution in [3.63, 3.8) is 0 Å². The van der Waals surface area contributed by atoms with Gasteiger partial charge in [0.1, 0.15) is 22.8 Å². The van der Waals surface area contributed by atoms with Crippen LogP contribution in [0.3, 0.4) is 0 Å². The molecule has 3 aliphatic heterocycles. The van der Waals surface area contributed by atoms with Gasteiger partial charge in [-0.15, -0.1) is 11.8 Å². The molecule has 4 heterocycles. The Balaban J connectivity index is 1.61. The molecule has 3 amide bonds. The van der Waals surface area contributed by atoms with E-state index < -0.39 is 23.8 Å². The number of nitrogens with two attached hydrogens (primary N) is 2. The molecule has 156 valence electrons. The van der Waals surface area contributed by atoms with Gasteiger partial charge in [0.05, 0.1) is 0 Å². The van der Waals surface area contributed by atoms with E-state index in [-0.39, 0.29) is 23.5 Å². The van der Waals surface area contributed by atoms with E-state index in [9.17, 15) is 24.3 Å². The second kappa shape index (κ2) is 7.58. The first kappa shape index (κ1) is 20.1. The van der Waals surface area contributed by atoms with Gasteiger partial charge < -0.3 is 21.5 Å². The fraction of sp³-hybridized carbons (Fsp3) is 0.316. The van der Waals surface area contributed by atoms with Gasteiger partial charge in [0.15, 0.2) is 12.4 Å². The average molecular weight is 430 g/mol. The summed E-state index contributed by atoms with van der Waals surface area (Å²) in [6.45, 7) is 0.419. The number of primary amides is 1. The fourth-order valence-electron chi connectivity index (χ4n) is 3.80. The predicted octanol–water partition coefficient (Wildman–Crippen LogP) is -1.30. The third kappa shape index (κ3) is 3.35. The normalized spacial score (nSPS) is 24.9. The molecule has 4 rings (SSSR count). The zero-order valence-corrected chi connectivity index (χ0v) is 16.7. The first-order chi connectivity index (χ1) is 14.3. The number of carbonyl (C=O) groups is 4. The van der Waals surface area contributed by atoms with Gasteiger partial charge in [-0.3, -0.25) is 19.3 Å². The highest BCUT2D eigenvalue weighted by Gasteiger charge is 2.51. The molecular weight excluding hydrogens is 410 g/mol. The Labute approximate surface area is 175 Å². The lowest BCUT2D eigenvalue weighted by Crippen LogP contribution is -2.68. The predicted molar refractivity (Wildman–Crippen MR) is 107 cm³/mol. The van der Waals surface area contributed by atoms with E-state index in [0.29, 0.717) is 35.6 Å². The van der Waals surface area contributed by atoms with Gasteiger partial charge >= 0.3 is 5.97 Å². The number of allylic oxidation sites excluding steroid dienone is 1. The molecule has 1 aromatic heterocycles. The number of rotatable bonds is 5. The van der Waals surface area contributed by atoms with Crippen LogP contribution in [0.4, 0.5) is 5.69 Å². The van der Waals surface area contributed by atoms with Crippen LogP contribution in [0, 0.1) is 0 Å². The van der Waals surface area contributed by atoms with E-state index in [4.69, 9.17) is 11.5 Å². The number of anilines is 1. The van der Waals surface area contributed by atoms with Gasteiger partial charge in [-0.1, -0.05) is 0 Å². The molecule has 0 radical (unpaired) electrons. The Bertz CT molecular complexity index is 1040. The van der Waals surface area contributed by atoms with E-state index in [0.717, 1.165) is 0 Å². The van der Waals surface area contributed by atoms with E-state index in [1.54, 1.807) is 40.1 Å². The zero-order valence-electron chi connectivity index (χ0n) is 15.9. The van der Waals surface area contributed by atoms with Crippen molar-refractivity contribution >= 4 is 41.1 Å². The van der Waals surface area contributed by atoms with Gasteiger partial charge in [0.25, 0.3) is 11.8 Å². The molecular formula is C19H20N5O5S+. The Morgan fingerprint density at radius 3 is 2.83 bits per heavy atom. The topological polar surface area (TPSA) is 151 Å². The summed E-state index contributed by atoms with van der Waals surface area (Å²) in [5.41, 5.74) is 12.4. The van der Waals surface area contributed by atoms with Gasteiger partial charge in [0, 0.05) is 23.9 Å². The standard InChI is InChI=1S/C19H19N5O5S/c20-13(25)8-22-4-1-2-12(7-22)23-5-3-10(16(23)26)6-11-9-30-18-14(21)17(27)24(18)15(11)19(28)29/h1-2,4,6-7,14,18H,3,5,8-9,21H2,(H2-,20,25,28,29)/p+1/t14-,18-/m1/s1. The summed E-state index contributed by atoms with van der Waals surface area (Å²) < 4.78 is 1.59. The molecule has 0 bridgehead atoms. The van der Waals surface area contributed by atoms with Gasteiger partial charge in [-0.05, 0) is 24.1 Å². The third-order valence-electron chi connectivity index (χ3n) is 5.21. The summed E-state index contributed by atoms with van der Waals surface area (Å²) in [6, 6.07) is 2.77. The molecule has 11 heteroatoms. The molecule has 3 aliphatic rings. The minimum absolute atomic E-state index is 0.00217. The van der Waals surface area contributed by atoms with Crippen molar-refractivity contribution in [3.05, 3.63) is 47.4 Å². The summed E-state index contributed by atoms with van der Waals surface area (Å²) >= 11 is 1.39. The maximum absolute atomic E-state index is 12.9. The second-order valence-corrected chi connectivity index (χ2v) is 8.30. The van der Waals surface area contributed by atoms with Crippen molar-refractivity contribution in [1.29, 1.82) is 0 Å². The number of fused-ring (bicyclic) bond motifs is 1. The maximum Gasteiger partial charge on any atom is 0.352 e. The molecule has 0 unspecified atom stereocenters. The highest BCUT2D eigenvalue weighted by atomic mass is 32.2. The van der Waals surface area contributed by atoms with Gasteiger partial charge in [0.2, 0.25) is 12.5 Å². The van der Waals surface area contributed by atoms with Crippen LogP contribution in [-0.4, -0.2) is 57.4 Å². The van der Waals surface area contributed by atoms with Crippen LogP contribution in [0.25, 0.3) is 0 Å². The van der Waals surface area contributed by atoms with Crippen molar-refractivity contribution in [2.45, 2.75) is 24.4 Å². The number of hydrogen-bond acceptors (Lipinski definition) is 6. The molecule has 10 nitrogen and oxygen atoms in total. The molecule has 1 aromatic rings. The van der Waals surface area contributed by atoms with Crippen LogP contribution >= 0.6 is 11.8 Å². The first-order valence-corrected chi connectivity index (χ1v) is 10.3. The van der Waals surface area contributed by atoms with Crippen LogP contribution < -0.4 is 20.9 Å². The van der Waals surface area contributed by atoms with Crippen LogP contribution in [0.1, 0.15) is 6.42 Å². The second-order valence-electron chi connectivity index (χ2n) is 7.19. The van der Waals surface area contributed by atoms with Crippen LogP contribution in [-0.2, 0) is 25.7 Å². The van der Waals surface area contributed by atoms with Crippen molar-refractivity contribution < 1.29 is 28.9 Å². The molecule has 0 spiro atoms. The number of carbonyl (C=O) groups excluding carboxylic acids is 3. The van der Waals surface area contributed by atoms with Crippen LogP contribution in [0.5, 0.6) is 0 Å². The third-order valence-corrected chi connectivity index (χ3v) is 6.53. The minimum atomic E-state index is -1.22.